The monoisotopic (exact) mass is 337 g/mol. The second-order valence-corrected chi connectivity index (χ2v) is 5.37. The topological polar surface area (TPSA) is 85.7 Å². The number of pyridine rings is 1. The molecular formula is C19H15NO5. The number of esters is 1. The van der Waals surface area contributed by atoms with Crippen LogP contribution in [0.15, 0.2) is 54.9 Å². The highest BCUT2D eigenvalue weighted by molar-refractivity contribution is 6.00. The average Bonchev–Trinajstić information content (AvgIpc) is 2.59. The minimum absolute atomic E-state index is 0.00933. The van der Waals surface area contributed by atoms with Crippen LogP contribution in [0.5, 0.6) is 11.5 Å². The average molecular weight is 337 g/mol. The number of aromatic carboxylic acids is 1. The number of carboxylic acids is 1. The van der Waals surface area contributed by atoms with Crippen molar-refractivity contribution >= 4 is 22.7 Å². The molecule has 0 saturated carbocycles. The smallest absolute Gasteiger partial charge is 0.339 e. The molecule has 2 aromatic carbocycles. The number of fused-ring (bicyclic) bond motifs is 1. The van der Waals surface area contributed by atoms with Crippen molar-refractivity contribution in [2.45, 2.75) is 13.5 Å². The molecule has 126 valence electrons. The van der Waals surface area contributed by atoms with Crippen molar-refractivity contribution in [1.82, 2.24) is 4.98 Å². The number of aromatic nitrogens is 1. The molecule has 1 heterocycles. The first-order chi connectivity index (χ1) is 12.0. The molecule has 0 bridgehead atoms. The van der Waals surface area contributed by atoms with Gasteiger partial charge in [-0.05, 0) is 29.7 Å². The Hall–Kier alpha value is -3.41. The van der Waals surface area contributed by atoms with E-state index in [4.69, 9.17) is 9.47 Å². The number of carbonyl (C=O) groups is 2. The molecule has 3 aromatic rings. The second-order valence-electron chi connectivity index (χ2n) is 5.37. The standard InChI is InChI=1S/C19H15NO5/c1-12(21)25-18-9-15-14(8-16(18)19(22)23)5-2-6-17(15)24-11-13-4-3-7-20-10-13/h2-10H,11H2,1H3,(H,22,23). The van der Waals surface area contributed by atoms with Crippen LogP contribution in [-0.2, 0) is 11.4 Å². The number of nitrogens with zero attached hydrogens (tertiary/aromatic N) is 1. The fraction of sp³-hybridized carbons (Fsp3) is 0.105. The normalized spacial score (nSPS) is 10.4. The number of benzene rings is 2. The number of hydrogen-bond acceptors (Lipinski definition) is 5. The van der Waals surface area contributed by atoms with E-state index in [1.54, 1.807) is 30.6 Å². The molecule has 0 spiro atoms. The van der Waals surface area contributed by atoms with E-state index in [-0.39, 0.29) is 11.3 Å². The van der Waals surface area contributed by atoms with Crippen LogP contribution in [-0.4, -0.2) is 22.0 Å². The highest BCUT2D eigenvalue weighted by Gasteiger charge is 2.16. The third-order valence-corrected chi connectivity index (χ3v) is 3.54. The van der Waals surface area contributed by atoms with Crippen LogP contribution >= 0.6 is 0 Å². The number of ether oxygens (including phenoxy) is 2. The quantitative estimate of drug-likeness (QED) is 0.567. The van der Waals surface area contributed by atoms with Gasteiger partial charge < -0.3 is 14.6 Å². The van der Waals surface area contributed by atoms with Crippen LogP contribution in [0, 0.1) is 0 Å². The first-order valence-electron chi connectivity index (χ1n) is 7.55. The predicted molar refractivity (Wildman–Crippen MR) is 90.8 cm³/mol. The van der Waals surface area contributed by atoms with Crippen molar-refractivity contribution in [3.05, 3.63) is 66.0 Å². The number of hydrogen-bond donors (Lipinski definition) is 1. The lowest BCUT2D eigenvalue weighted by Crippen LogP contribution is -2.07. The maximum absolute atomic E-state index is 11.4. The molecule has 0 saturated heterocycles. The summed E-state index contributed by atoms with van der Waals surface area (Å²) in [6.45, 7) is 1.54. The Morgan fingerprint density at radius 1 is 1.12 bits per heavy atom. The van der Waals surface area contributed by atoms with Gasteiger partial charge in [0.05, 0.1) is 0 Å². The molecule has 0 aliphatic heterocycles. The van der Waals surface area contributed by atoms with Gasteiger partial charge in [0.15, 0.2) is 0 Å². The van der Waals surface area contributed by atoms with Gasteiger partial charge in [0, 0.05) is 30.3 Å². The van der Waals surface area contributed by atoms with Crippen LogP contribution in [0.1, 0.15) is 22.8 Å². The van der Waals surface area contributed by atoms with Crippen molar-refractivity contribution in [2.24, 2.45) is 0 Å². The van der Waals surface area contributed by atoms with Gasteiger partial charge in [-0.25, -0.2) is 4.79 Å². The third kappa shape index (κ3) is 3.74. The van der Waals surface area contributed by atoms with Gasteiger partial charge in [-0.15, -0.1) is 0 Å². The third-order valence-electron chi connectivity index (χ3n) is 3.54. The molecule has 0 unspecified atom stereocenters. The Kier molecular flexibility index (Phi) is 4.61. The number of carboxylic acid groups (broad SMARTS) is 1. The van der Waals surface area contributed by atoms with E-state index < -0.39 is 11.9 Å². The molecule has 6 nitrogen and oxygen atoms in total. The first kappa shape index (κ1) is 16.4. The van der Waals surface area contributed by atoms with E-state index in [0.717, 1.165) is 5.56 Å². The summed E-state index contributed by atoms with van der Waals surface area (Å²) in [6.07, 6.45) is 3.39. The van der Waals surface area contributed by atoms with Crippen LogP contribution in [0.25, 0.3) is 10.8 Å². The van der Waals surface area contributed by atoms with Gasteiger partial charge >= 0.3 is 11.9 Å². The van der Waals surface area contributed by atoms with E-state index in [2.05, 4.69) is 4.98 Å². The zero-order chi connectivity index (χ0) is 17.8. The Labute approximate surface area is 143 Å². The first-order valence-corrected chi connectivity index (χ1v) is 7.55. The maximum atomic E-state index is 11.4. The lowest BCUT2D eigenvalue weighted by Gasteiger charge is -2.12. The largest absolute Gasteiger partial charge is 0.488 e. The molecule has 3 rings (SSSR count). The summed E-state index contributed by atoms with van der Waals surface area (Å²) in [4.78, 5) is 26.7. The molecule has 25 heavy (non-hydrogen) atoms. The SMILES string of the molecule is CC(=O)Oc1cc2c(OCc3cccnc3)cccc2cc1C(=O)O. The van der Waals surface area contributed by atoms with Gasteiger partial charge in [0.1, 0.15) is 23.7 Å². The Balaban J connectivity index is 2.01. The van der Waals surface area contributed by atoms with Gasteiger partial charge in [-0.2, -0.15) is 0 Å². The summed E-state index contributed by atoms with van der Waals surface area (Å²) in [7, 11) is 0. The highest BCUT2D eigenvalue weighted by atomic mass is 16.5. The van der Waals surface area contributed by atoms with E-state index in [1.165, 1.54) is 19.1 Å². The maximum Gasteiger partial charge on any atom is 0.339 e. The summed E-state index contributed by atoms with van der Waals surface area (Å²) in [6, 6.07) is 12.0. The van der Waals surface area contributed by atoms with Gasteiger partial charge in [0.25, 0.3) is 0 Å². The molecule has 0 aliphatic rings. The summed E-state index contributed by atoms with van der Waals surface area (Å²) >= 11 is 0. The molecule has 0 aliphatic carbocycles. The van der Waals surface area contributed by atoms with Crippen molar-refractivity contribution in [2.75, 3.05) is 0 Å². The Morgan fingerprint density at radius 3 is 2.64 bits per heavy atom. The van der Waals surface area contributed by atoms with Gasteiger partial charge in [-0.1, -0.05) is 18.2 Å². The Morgan fingerprint density at radius 2 is 1.96 bits per heavy atom. The Bertz CT molecular complexity index is 937. The summed E-state index contributed by atoms with van der Waals surface area (Å²) < 4.78 is 10.9. The highest BCUT2D eigenvalue weighted by Crippen LogP contribution is 2.33. The van der Waals surface area contributed by atoms with E-state index >= 15 is 0 Å². The predicted octanol–water partition coefficient (Wildman–Crippen LogP) is 3.44. The second kappa shape index (κ2) is 7.00. The van der Waals surface area contributed by atoms with Crippen LogP contribution in [0.2, 0.25) is 0 Å². The van der Waals surface area contributed by atoms with Crippen molar-refractivity contribution < 1.29 is 24.2 Å². The fourth-order valence-corrected chi connectivity index (χ4v) is 2.45. The molecule has 6 heteroatoms. The molecule has 0 amide bonds. The molecule has 0 radical (unpaired) electrons. The van der Waals surface area contributed by atoms with Crippen LogP contribution in [0.4, 0.5) is 0 Å². The van der Waals surface area contributed by atoms with Gasteiger partial charge in [-0.3, -0.25) is 9.78 Å². The van der Waals surface area contributed by atoms with Crippen molar-refractivity contribution in [3.63, 3.8) is 0 Å². The van der Waals surface area contributed by atoms with Crippen LogP contribution in [0.3, 0.4) is 0 Å². The van der Waals surface area contributed by atoms with Crippen molar-refractivity contribution in [3.8, 4) is 11.5 Å². The zero-order valence-electron chi connectivity index (χ0n) is 13.4. The van der Waals surface area contributed by atoms with E-state index in [9.17, 15) is 14.7 Å². The lowest BCUT2D eigenvalue weighted by molar-refractivity contribution is -0.131. The molecule has 0 fully saturated rings. The fourth-order valence-electron chi connectivity index (χ4n) is 2.45. The molecule has 0 atom stereocenters. The summed E-state index contributed by atoms with van der Waals surface area (Å²) in [5.74, 6) is -1.20. The lowest BCUT2D eigenvalue weighted by atomic mass is 10.0. The number of rotatable bonds is 5. The summed E-state index contributed by atoms with van der Waals surface area (Å²) in [5.41, 5.74) is 0.828. The van der Waals surface area contributed by atoms with Gasteiger partial charge in [0.2, 0.25) is 0 Å². The van der Waals surface area contributed by atoms with E-state index in [0.29, 0.717) is 23.1 Å². The molecule has 1 N–H and O–H groups in total. The minimum Gasteiger partial charge on any atom is -0.488 e. The number of carbonyl (C=O) groups excluding carboxylic acids is 1. The van der Waals surface area contributed by atoms with E-state index in [1.807, 2.05) is 12.1 Å². The minimum atomic E-state index is -1.17. The molecular weight excluding hydrogens is 322 g/mol. The molecule has 1 aromatic heterocycles. The van der Waals surface area contributed by atoms with Crippen molar-refractivity contribution in [1.29, 1.82) is 0 Å². The zero-order valence-corrected chi connectivity index (χ0v) is 13.4. The van der Waals surface area contributed by atoms with Crippen LogP contribution < -0.4 is 9.47 Å². The summed E-state index contributed by atoms with van der Waals surface area (Å²) in [5, 5.41) is 10.7.